The Balaban J connectivity index is 2.04. The molecule has 0 bridgehead atoms. The first-order valence-corrected chi connectivity index (χ1v) is 5.40. The summed E-state index contributed by atoms with van der Waals surface area (Å²) in [5.41, 5.74) is 5.87. The second kappa shape index (κ2) is 3.61. The topological polar surface area (TPSA) is 53.1 Å². The number of aromatic nitrogens is 2. The normalized spacial score (nSPS) is 31.3. The van der Waals surface area contributed by atoms with Gasteiger partial charge in [0.2, 0.25) is 0 Å². The fourth-order valence-electron chi connectivity index (χ4n) is 2.02. The summed E-state index contributed by atoms with van der Waals surface area (Å²) in [6, 6.07) is 2.27. The molecule has 1 aliphatic rings. The zero-order valence-corrected chi connectivity index (χ0v) is 9.55. The van der Waals surface area contributed by atoms with Crippen LogP contribution in [0.2, 0.25) is 0 Å². The van der Waals surface area contributed by atoms with Gasteiger partial charge in [-0.3, -0.25) is 4.68 Å². The van der Waals surface area contributed by atoms with E-state index in [1.165, 1.54) is 0 Å². The van der Waals surface area contributed by atoms with E-state index in [0.29, 0.717) is 0 Å². The molecule has 3 unspecified atom stereocenters. The molecule has 1 fully saturated rings. The molecule has 2 rings (SSSR count). The van der Waals surface area contributed by atoms with Crippen molar-refractivity contribution < 1.29 is 4.74 Å². The van der Waals surface area contributed by atoms with Crippen LogP contribution < -0.4 is 5.73 Å². The van der Waals surface area contributed by atoms with E-state index in [9.17, 15) is 0 Å². The molecule has 0 saturated heterocycles. The van der Waals surface area contributed by atoms with Gasteiger partial charge in [0.15, 0.2) is 0 Å². The highest BCUT2D eigenvalue weighted by Gasteiger charge is 2.43. The molecule has 0 spiro atoms. The Bertz CT molecular complexity index is 315. The fourth-order valence-corrected chi connectivity index (χ4v) is 2.02. The van der Waals surface area contributed by atoms with Gasteiger partial charge in [-0.05, 0) is 33.3 Å². The molecule has 1 heterocycles. The molecule has 0 amide bonds. The highest BCUT2D eigenvalue weighted by Crippen LogP contribution is 2.35. The Morgan fingerprint density at radius 2 is 2.20 bits per heavy atom. The van der Waals surface area contributed by atoms with Crippen LogP contribution in [0.3, 0.4) is 0 Å². The average Bonchev–Trinajstić information content (AvgIpc) is 2.53. The van der Waals surface area contributed by atoms with Crippen LogP contribution in [0.4, 0.5) is 0 Å². The molecular formula is C11H19N3O. The maximum absolute atomic E-state index is 5.98. The van der Waals surface area contributed by atoms with Gasteiger partial charge in [0.1, 0.15) is 0 Å². The summed E-state index contributed by atoms with van der Waals surface area (Å²) in [7, 11) is 0. The standard InChI is InChI=1S/C11H19N3O/c1-11(2,3)15-9-7-8(12)10(9)14-6-4-5-13-14/h4-6,8-10H,7,12H2,1-3H3. The van der Waals surface area contributed by atoms with Crippen LogP contribution >= 0.6 is 0 Å². The molecular weight excluding hydrogens is 190 g/mol. The summed E-state index contributed by atoms with van der Waals surface area (Å²) in [6.45, 7) is 6.20. The van der Waals surface area contributed by atoms with Crippen molar-refractivity contribution in [2.75, 3.05) is 0 Å². The van der Waals surface area contributed by atoms with Crippen LogP contribution in [0, 0.1) is 0 Å². The van der Waals surface area contributed by atoms with Gasteiger partial charge in [-0.25, -0.2) is 0 Å². The summed E-state index contributed by atoms with van der Waals surface area (Å²) >= 11 is 0. The predicted octanol–water partition coefficient (Wildman–Crippen LogP) is 1.34. The Morgan fingerprint density at radius 3 is 2.67 bits per heavy atom. The molecule has 0 aromatic carbocycles. The van der Waals surface area contributed by atoms with Crippen LogP contribution in [-0.4, -0.2) is 27.5 Å². The van der Waals surface area contributed by atoms with E-state index >= 15 is 0 Å². The van der Waals surface area contributed by atoms with Crippen LogP contribution in [0.15, 0.2) is 18.5 Å². The lowest BCUT2D eigenvalue weighted by molar-refractivity contribution is -0.129. The van der Waals surface area contributed by atoms with Gasteiger partial charge in [0.25, 0.3) is 0 Å². The molecule has 84 valence electrons. The minimum Gasteiger partial charge on any atom is -0.370 e. The molecule has 1 aromatic rings. The van der Waals surface area contributed by atoms with Gasteiger partial charge in [-0.2, -0.15) is 5.10 Å². The van der Waals surface area contributed by atoms with E-state index < -0.39 is 0 Å². The highest BCUT2D eigenvalue weighted by molar-refractivity contribution is 5.00. The smallest absolute Gasteiger partial charge is 0.0932 e. The number of nitrogens with zero attached hydrogens (tertiary/aromatic N) is 2. The Labute approximate surface area is 90.4 Å². The first kappa shape index (κ1) is 10.6. The molecule has 4 nitrogen and oxygen atoms in total. The molecule has 0 aliphatic heterocycles. The lowest BCUT2D eigenvalue weighted by Crippen LogP contribution is -2.55. The molecule has 2 N–H and O–H groups in total. The van der Waals surface area contributed by atoms with Gasteiger partial charge < -0.3 is 10.5 Å². The molecule has 3 atom stereocenters. The third-order valence-electron chi connectivity index (χ3n) is 2.66. The van der Waals surface area contributed by atoms with Gasteiger partial charge in [0, 0.05) is 18.4 Å². The summed E-state index contributed by atoms with van der Waals surface area (Å²) in [6.07, 6.45) is 4.84. The minimum atomic E-state index is -0.115. The monoisotopic (exact) mass is 209 g/mol. The van der Waals surface area contributed by atoms with Crippen LogP contribution in [0.5, 0.6) is 0 Å². The number of rotatable bonds is 2. The first-order chi connectivity index (χ1) is 6.97. The van der Waals surface area contributed by atoms with Gasteiger partial charge in [-0.1, -0.05) is 0 Å². The van der Waals surface area contributed by atoms with Crippen LogP contribution in [-0.2, 0) is 4.74 Å². The van der Waals surface area contributed by atoms with Crippen molar-refractivity contribution in [2.24, 2.45) is 5.73 Å². The second-order valence-electron chi connectivity index (χ2n) is 5.14. The average molecular weight is 209 g/mol. The molecule has 0 radical (unpaired) electrons. The van der Waals surface area contributed by atoms with Crippen molar-refractivity contribution in [3.05, 3.63) is 18.5 Å². The lowest BCUT2D eigenvalue weighted by Gasteiger charge is -2.45. The van der Waals surface area contributed by atoms with Crippen molar-refractivity contribution in [3.63, 3.8) is 0 Å². The molecule has 1 saturated carbocycles. The maximum Gasteiger partial charge on any atom is 0.0932 e. The predicted molar refractivity (Wildman–Crippen MR) is 58.5 cm³/mol. The van der Waals surface area contributed by atoms with E-state index in [-0.39, 0.29) is 23.8 Å². The van der Waals surface area contributed by atoms with Gasteiger partial charge >= 0.3 is 0 Å². The van der Waals surface area contributed by atoms with Gasteiger partial charge in [0.05, 0.1) is 17.7 Å². The second-order valence-corrected chi connectivity index (χ2v) is 5.14. The summed E-state index contributed by atoms with van der Waals surface area (Å²) in [4.78, 5) is 0. The fraction of sp³-hybridized carbons (Fsp3) is 0.727. The maximum atomic E-state index is 5.98. The minimum absolute atomic E-state index is 0.115. The van der Waals surface area contributed by atoms with E-state index in [1.54, 1.807) is 6.20 Å². The van der Waals surface area contributed by atoms with Crippen molar-refractivity contribution in [1.82, 2.24) is 9.78 Å². The molecule has 1 aromatic heterocycles. The van der Waals surface area contributed by atoms with Crippen LogP contribution in [0.25, 0.3) is 0 Å². The van der Waals surface area contributed by atoms with Crippen molar-refractivity contribution in [3.8, 4) is 0 Å². The number of hydrogen-bond acceptors (Lipinski definition) is 3. The number of nitrogens with two attached hydrogens (primary N) is 1. The molecule has 4 heteroatoms. The zero-order valence-electron chi connectivity index (χ0n) is 9.55. The van der Waals surface area contributed by atoms with Gasteiger partial charge in [-0.15, -0.1) is 0 Å². The van der Waals surface area contributed by atoms with Crippen molar-refractivity contribution in [2.45, 2.75) is 51.0 Å². The summed E-state index contributed by atoms with van der Waals surface area (Å²) < 4.78 is 7.85. The lowest BCUT2D eigenvalue weighted by atomic mass is 9.83. The zero-order chi connectivity index (χ0) is 11.1. The van der Waals surface area contributed by atoms with E-state index in [1.807, 2.05) is 16.9 Å². The highest BCUT2D eigenvalue weighted by atomic mass is 16.5. The SMILES string of the molecule is CC(C)(C)OC1CC(N)C1n1cccn1. The Hall–Kier alpha value is -0.870. The van der Waals surface area contributed by atoms with Crippen molar-refractivity contribution in [1.29, 1.82) is 0 Å². The third kappa shape index (κ3) is 2.21. The first-order valence-electron chi connectivity index (χ1n) is 5.40. The summed E-state index contributed by atoms with van der Waals surface area (Å²) in [5.74, 6) is 0. The Morgan fingerprint density at radius 1 is 1.47 bits per heavy atom. The largest absolute Gasteiger partial charge is 0.370 e. The molecule has 1 aliphatic carbocycles. The quantitative estimate of drug-likeness (QED) is 0.799. The molecule has 15 heavy (non-hydrogen) atoms. The van der Waals surface area contributed by atoms with E-state index in [0.717, 1.165) is 6.42 Å². The van der Waals surface area contributed by atoms with E-state index in [2.05, 4.69) is 25.9 Å². The van der Waals surface area contributed by atoms with Crippen LogP contribution in [0.1, 0.15) is 33.2 Å². The third-order valence-corrected chi connectivity index (χ3v) is 2.66. The number of hydrogen-bond donors (Lipinski definition) is 1. The number of ether oxygens (including phenoxy) is 1. The summed E-state index contributed by atoms with van der Waals surface area (Å²) in [5, 5.41) is 4.23. The van der Waals surface area contributed by atoms with E-state index in [4.69, 9.17) is 10.5 Å². The Kier molecular flexibility index (Phi) is 2.56. The van der Waals surface area contributed by atoms with Crippen molar-refractivity contribution >= 4 is 0 Å².